The number of carbonyl (C=O) groups is 2. The Labute approximate surface area is 247 Å². The van der Waals surface area contributed by atoms with Crippen LogP contribution in [-0.4, -0.2) is 31.6 Å². The van der Waals surface area contributed by atoms with Crippen LogP contribution in [0.3, 0.4) is 0 Å². The van der Waals surface area contributed by atoms with Gasteiger partial charge < -0.3 is 14.2 Å². The lowest BCUT2D eigenvalue weighted by atomic mass is 9.85. The molecular weight excluding hydrogens is 526 g/mol. The van der Waals surface area contributed by atoms with Crippen LogP contribution in [-0.2, 0) is 34.4 Å². The Morgan fingerprint density at radius 3 is 2.10 bits per heavy atom. The topological polar surface area (TPSA) is 65.1 Å². The summed E-state index contributed by atoms with van der Waals surface area (Å²) in [4.78, 5) is 30.1. The van der Waals surface area contributed by atoms with Gasteiger partial charge in [0, 0.05) is 24.0 Å². The van der Waals surface area contributed by atoms with E-state index in [1.807, 2.05) is 91.0 Å². The van der Waals surface area contributed by atoms with Crippen molar-refractivity contribution in [1.82, 2.24) is 0 Å². The lowest BCUT2D eigenvalue weighted by Crippen LogP contribution is -2.58. The van der Waals surface area contributed by atoms with E-state index in [9.17, 15) is 9.59 Å². The van der Waals surface area contributed by atoms with Crippen molar-refractivity contribution < 1.29 is 23.8 Å². The van der Waals surface area contributed by atoms with E-state index in [1.165, 1.54) is 7.11 Å². The van der Waals surface area contributed by atoms with Crippen LogP contribution in [0.15, 0.2) is 97.1 Å². The quantitative estimate of drug-likeness (QED) is 0.218. The van der Waals surface area contributed by atoms with Gasteiger partial charge in [-0.15, -0.1) is 0 Å². The molecule has 0 fully saturated rings. The van der Waals surface area contributed by atoms with Crippen molar-refractivity contribution in [2.75, 3.05) is 19.1 Å². The Morgan fingerprint density at radius 2 is 1.48 bits per heavy atom. The number of esters is 1. The third-order valence-corrected chi connectivity index (χ3v) is 7.85. The van der Waals surface area contributed by atoms with Crippen molar-refractivity contribution in [3.63, 3.8) is 0 Å². The molecule has 1 aliphatic rings. The Balaban J connectivity index is 1.64. The lowest BCUT2D eigenvalue weighted by Gasteiger charge is -2.36. The Bertz CT molecular complexity index is 1580. The fourth-order valence-electron chi connectivity index (χ4n) is 5.79. The first-order valence-electron chi connectivity index (χ1n) is 14.1. The van der Waals surface area contributed by atoms with E-state index in [2.05, 4.69) is 20.8 Å². The molecule has 1 amide bonds. The second kappa shape index (κ2) is 11.7. The summed E-state index contributed by atoms with van der Waals surface area (Å²) in [6, 6.07) is 30.7. The lowest BCUT2D eigenvalue weighted by molar-refractivity contribution is -0.146. The Hall–Kier alpha value is -4.58. The van der Waals surface area contributed by atoms with Gasteiger partial charge in [0.2, 0.25) is 0 Å². The smallest absolute Gasteiger partial charge is 0.332 e. The first-order valence-corrected chi connectivity index (χ1v) is 14.1. The highest BCUT2D eigenvalue weighted by molar-refractivity contribution is 6.13. The average Bonchev–Trinajstić information content (AvgIpc) is 3.34. The third-order valence-electron chi connectivity index (χ3n) is 7.85. The van der Waals surface area contributed by atoms with Gasteiger partial charge in [0.15, 0.2) is 5.54 Å². The van der Waals surface area contributed by atoms with E-state index in [0.717, 1.165) is 22.3 Å². The molecule has 4 aromatic carbocycles. The van der Waals surface area contributed by atoms with Crippen molar-refractivity contribution in [3.8, 4) is 11.5 Å². The summed E-state index contributed by atoms with van der Waals surface area (Å²) in [6.45, 7) is 6.66. The minimum absolute atomic E-state index is 0.179. The maximum absolute atomic E-state index is 14.6. The second-order valence-corrected chi connectivity index (χ2v) is 11.7. The summed E-state index contributed by atoms with van der Waals surface area (Å²) in [7, 11) is 2.98. The van der Waals surface area contributed by atoms with Crippen LogP contribution in [0.5, 0.6) is 11.5 Å². The van der Waals surface area contributed by atoms with Crippen molar-refractivity contribution in [1.29, 1.82) is 0 Å². The average molecular weight is 564 g/mol. The molecule has 0 N–H and O–H groups in total. The summed E-state index contributed by atoms with van der Waals surface area (Å²) >= 11 is 0. The molecule has 0 aromatic heterocycles. The first-order chi connectivity index (χ1) is 20.2. The van der Waals surface area contributed by atoms with Gasteiger partial charge in [-0.05, 0) is 46.4 Å². The molecule has 0 bridgehead atoms. The predicted octanol–water partition coefficient (Wildman–Crippen LogP) is 6.93. The van der Waals surface area contributed by atoms with Crippen LogP contribution >= 0.6 is 0 Å². The summed E-state index contributed by atoms with van der Waals surface area (Å²) in [6.07, 6.45) is 0.522. The minimum atomic E-state index is -1.32. The zero-order valence-electron chi connectivity index (χ0n) is 24.8. The summed E-state index contributed by atoms with van der Waals surface area (Å²) in [5, 5.41) is 0. The van der Waals surface area contributed by atoms with E-state index in [4.69, 9.17) is 14.2 Å². The molecular formula is C36H37NO5. The molecule has 0 saturated carbocycles. The number of methoxy groups -OCH3 is 2. The van der Waals surface area contributed by atoms with Crippen LogP contribution in [0.1, 0.15) is 53.4 Å². The molecule has 216 valence electrons. The molecule has 6 nitrogen and oxygen atoms in total. The number of rotatable bonds is 8. The van der Waals surface area contributed by atoms with Gasteiger partial charge in [-0.2, -0.15) is 0 Å². The number of hydrogen-bond donors (Lipinski definition) is 0. The van der Waals surface area contributed by atoms with Crippen molar-refractivity contribution in [3.05, 3.63) is 125 Å². The maximum Gasteiger partial charge on any atom is 0.332 e. The van der Waals surface area contributed by atoms with Crippen molar-refractivity contribution >= 4 is 17.6 Å². The first kappa shape index (κ1) is 28.9. The van der Waals surface area contributed by atoms with Gasteiger partial charge in [-0.1, -0.05) is 93.6 Å². The number of fused-ring (bicyclic) bond motifs is 1. The van der Waals surface area contributed by atoms with E-state index in [-0.39, 0.29) is 24.2 Å². The third kappa shape index (κ3) is 5.49. The summed E-state index contributed by atoms with van der Waals surface area (Å²) in [5.74, 6) is 0.463. The Morgan fingerprint density at radius 1 is 0.810 bits per heavy atom. The zero-order chi connectivity index (χ0) is 29.9. The largest absolute Gasteiger partial charge is 0.496 e. The number of nitrogens with zero attached hydrogens (tertiary/aromatic N) is 1. The second-order valence-electron chi connectivity index (χ2n) is 11.7. The van der Waals surface area contributed by atoms with Gasteiger partial charge >= 0.3 is 5.97 Å². The Kier molecular flexibility index (Phi) is 8.08. The van der Waals surface area contributed by atoms with Crippen LogP contribution in [0.4, 0.5) is 5.69 Å². The number of benzene rings is 4. The number of amides is 1. The molecule has 1 unspecified atom stereocenters. The minimum Gasteiger partial charge on any atom is -0.496 e. The number of anilines is 1. The molecule has 0 spiro atoms. The monoisotopic (exact) mass is 563 g/mol. The van der Waals surface area contributed by atoms with Crippen LogP contribution in [0, 0.1) is 0 Å². The summed E-state index contributed by atoms with van der Waals surface area (Å²) < 4.78 is 17.5. The van der Waals surface area contributed by atoms with E-state index in [1.54, 1.807) is 18.1 Å². The van der Waals surface area contributed by atoms with E-state index < -0.39 is 11.5 Å². The van der Waals surface area contributed by atoms with Gasteiger partial charge in [0.1, 0.15) is 18.1 Å². The van der Waals surface area contributed by atoms with Crippen LogP contribution in [0.25, 0.3) is 0 Å². The number of carbonyl (C=O) groups excluding carboxylic acids is 2. The standard InChI is InChI=1S/C36H37NO5/c1-35(2,3)29-20-19-27(21-32(29)40-4)33(38)37-30-17-12-18-31(42-24-26-15-10-7-11-16-26)28(30)23-36(37,34(39)41-5)22-25-13-8-6-9-14-25/h6-21H,22-24H2,1-5H3. The van der Waals surface area contributed by atoms with Gasteiger partial charge in [-0.3, -0.25) is 9.69 Å². The molecule has 6 heteroatoms. The van der Waals surface area contributed by atoms with Crippen LogP contribution in [0.2, 0.25) is 0 Å². The molecule has 1 atom stereocenters. The maximum atomic E-state index is 14.6. The molecule has 4 aromatic rings. The molecule has 42 heavy (non-hydrogen) atoms. The van der Waals surface area contributed by atoms with Gasteiger partial charge in [0.05, 0.1) is 19.9 Å². The molecule has 0 saturated heterocycles. The van der Waals surface area contributed by atoms with E-state index in [0.29, 0.717) is 29.4 Å². The predicted molar refractivity (Wildman–Crippen MR) is 164 cm³/mol. The fraction of sp³-hybridized carbons (Fsp3) is 0.278. The number of ether oxygens (including phenoxy) is 3. The molecule has 0 radical (unpaired) electrons. The van der Waals surface area contributed by atoms with E-state index >= 15 is 0 Å². The molecule has 1 aliphatic heterocycles. The number of hydrogen-bond acceptors (Lipinski definition) is 5. The molecule has 5 rings (SSSR count). The highest BCUT2D eigenvalue weighted by Gasteiger charge is 2.54. The van der Waals surface area contributed by atoms with Crippen molar-refractivity contribution in [2.24, 2.45) is 0 Å². The molecule has 1 heterocycles. The molecule has 0 aliphatic carbocycles. The van der Waals surface area contributed by atoms with Crippen LogP contribution < -0.4 is 14.4 Å². The normalized spacial score (nSPS) is 16.1. The zero-order valence-corrected chi connectivity index (χ0v) is 24.8. The fourth-order valence-corrected chi connectivity index (χ4v) is 5.79. The SMILES string of the molecule is COC(=O)C1(Cc2ccccc2)Cc2c(OCc3ccccc3)cccc2N1C(=O)c1ccc(C(C)(C)C)c(OC)c1. The summed E-state index contributed by atoms with van der Waals surface area (Å²) in [5.41, 5.74) is 3.27. The highest BCUT2D eigenvalue weighted by Crippen LogP contribution is 2.47. The van der Waals surface area contributed by atoms with Gasteiger partial charge in [-0.25, -0.2) is 4.79 Å². The highest BCUT2D eigenvalue weighted by atomic mass is 16.5. The van der Waals surface area contributed by atoms with Gasteiger partial charge in [0.25, 0.3) is 5.91 Å². The van der Waals surface area contributed by atoms with Crippen molar-refractivity contribution in [2.45, 2.75) is 51.2 Å².